The number of amides is 1. The van der Waals surface area contributed by atoms with Gasteiger partial charge in [-0.1, -0.05) is 38.0 Å². The van der Waals surface area contributed by atoms with E-state index in [1.165, 1.54) is 0 Å². The Morgan fingerprint density at radius 3 is 2.58 bits per heavy atom. The minimum Gasteiger partial charge on any atom is -0.481 e. The van der Waals surface area contributed by atoms with Crippen molar-refractivity contribution in [3.8, 4) is 17.2 Å². The normalized spacial score (nSPS) is 11.7. The van der Waals surface area contributed by atoms with Crippen LogP contribution in [-0.4, -0.2) is 41.2 Å². The van der Waals surface area contributed by atoms with Crippen LogP contribution in [0.2, 0.25) is 0 Å². The predicted molar refractivity (Wildman–Crippen MR) is 148 cm³/mol. The van der Waals surface area contributed by atoms with Crippen LogP contribution in [0, 0.1) is 6.92 Å². The highest BCUT2D eigenvalue weighted by Gasteiger charge is 2.14. The molecule has 0 aliphatic carbocycles. The molecule has 2 aromatic heterocycles. The fourth-order valence-electron chi connectivity index (χ4n) is 4.17. The summed E-state index contributed by atoms with van der Waals surface area (Å²) in [6, 6.07) is 21.0. The Balaban J connectivity index is 1.36. The van der Waals surface area contributed by atoms with Crippen molar-refractivity contribution in [3.05, 3.63) is 78.0 Å². The van der Waals surface area contributed by atoms with E-state index in [0.717, 1.165) is 52.9 Å². The number of carboxylic acid groups (broad SMARTS) is 1. The third-order valence-corrected chi connectivity index (χ3v) is 6.23. The SMILES string of the molecule is CCCCC(COc1ccc(-c2cc3ccccc3o2)c(C)n1)Nc1ccc(C(=O)NCCC(=O)O)cc1. The van der Waals surface area contributed by atoms with Gasteiger partial charge in [0.05, 0.1) is 18.2 Å². The molecule has 1 unspecified atom stereocenters. The monoisotopic (exact) mass is 515 g/mol. The number of carbonyl (C=O) groups excluding carboxylic acids is 1. The van der Waals surface area contributed by atoms with Gasteiger partial charge in [-0.05, 0) is 55.8 Å². The summed E-state index contributed by atoms with van der Waals surface area (Å²) in [4.78, 5) is 27.5. The number of carbonyl (C=O) groups is 2. The molecule has 8 heteroatoms. The number of para-hydroxylation sites is 1. The third-order valence-electron chi connectivity index (χ3n) is 6.23. The number of aliphatic carboxylic acids is 1. The van der Waals surface area contributed by atoms with Gasteiger partial charge < -0.3 is 24.9 Å². The number of aryl methyl sites for hydroxylation is 1. The molecule has 8 nitrogen and oxygen atoms in total. The minimum atomic E-state index is -0.947. The number of nitrogens with zero attached hydrogens (tertiary/aromatic N) is 1. The van der Waals surface area contributed by atoms with Crippen molar-refractivity contribution in [2.75, 3.05) is 18.5 Å². The summed E-state index contributed by atoms with van der Waals surface area (Å²) >= 11 is 0. The number of anilines is 1. The van der Waals surface area contributed by atoms with Crippen molar-refractivity contribution in [3.63, 3.8) is 0 Å². The van der Waals surface area contributed by atoms with Crippen LogP contribution >= 0.6 is 0 Å². The molecule has 1 atom stereocenters. The maximum absolute atomic E-state index is 12.2. The lowest BCUT2D eigenvalue weighted by atomic mass is 10.1. The van der Waals surface area contributed by atoms with E-state index in [0.29, 0.717) is 18.1 Å². The van der Waals surface area contributed by atoms with Crippen LogP contribution < -0.4 is 15.4 Å². The number of hydrogen-bond donors (Lipinski definition) is 3. The molecule has 1 amide bonds. The Kier molecular flexibility index (Phi) is 8.98. The van der Waals surface area contributed by atoms with Crippen LogP contribution in [0.3, 0.4) is 0 Å². The molecule has 2 aromatic carbocycles. The second-order valence-electron chi connectivity index (χ2n) is 9.20. The molecular weight excluding hydrogens is 482 g/mol. The standard InChI is InChI=1S/C30H33N3O5/c1-3-4-8-24(33-23-12-10-21(11-13-23)30(36)31-17-16-29(34)35)19-37-28-15-14-25(20(2)32-28)27-18-22-7-5-6-9-26(22)38-27/h5-7,9-15,18,24,33H,3-4,8,16-17,19H2,1-2H3,(H,31,36)(H,34,35). The van der Waals surface area contributed by atoms with E-state index in [9.17, 15) is 9.59 Å². The first-order valence-corrected chi connectivity index (χ1v) is 12.9. The molecule has 0 radical (unpaired) electrons. The minimum absolute atomic E-state index is 0.0577. The van der Waals surface area contributed by atoms with Crippen LogP contribution in [0.1, 0.15) is 48.7 Å². The molecule has 3 N–H and O–H groups in total. The molecule has 198 valence electrons. The summed E-state index contributed by atoms with van der Waals surface area (Å²) < 4.78 is 12.1. The molecule has 38 heavy (non-hydrogen) atoms. The number of furan rings is 1. The molecule has 0 spiro atoms. The summed E-state index contributed by atoms with van der Waals surface area (Å²) in [7, 11) is 0. The van der Waals surface area contributed by atoms with Gasteiger partial charge >= 0.3 is 5.97 Å². The summed E-state index contributed by atoms with van der Waals surface area (Å²) in [5, 5.41) is 15.9. The van der Waals surface area contributed by atoms with Gasteiger partial charge in [0, 0.05) is 34.8 Å². The van der Waals surface area contributed by atoms with Crippen molar-refractivity contribution in [2.45, 2.75) is 45.6 Å². The van der Waals surface area contributed by atoms with E-state index >= 15 is 0 Å². The number of benzene rings is 2. The van der Waals surface area contributed by atoms with Crippen LogP contribution in [0.15, 0.2) is 71.1 Å². The molecule has 4 aromatic rings. The Morgan fingerprint density at radius 1 is 1.08 bits per heavy atom. The Morgan fingerprint density at radius 2 is 1.87 bits per heavy atom. The lowest BCUT2D eigenvalue weighted by molar-refractivity contribution is -0.136. The van der Waals surface area contributed by atoms with Crippen molar-refractivity contribution in [1.29, 1.82) is 0 Å². The van der Waals surface area contributed by atoms with Gasteiger partial charge in [0.25, 0.3) is 5.91 Å². The van der Waals surface area contributed by atoms with E-state index in [1.54, 1.807) is 12.1 Å². The number of fused-ring (bicyclic) bond motifs is 1. The molecule has 0 saturated carbocycles. The van der Waals surface area contributed by atoms with E-state index in [2.05, 4.69) is 22.5 Å². The maximum atomic E-state index is 12.2. The van der Waals surface area contributed by atoms with Crippen molar-refractivity contribution < 1.29 is 23.8 Å². The van der Waals surface area contributed by atoms with Gasteiger partial charge in [-0.2, -0.15) is 0 Å². The first-order chi connectivity index (χ1) is 18.4. The lowest BCUT2D eigenvalue weighted by Gasteiger charge is -2.20. The zero-order valence-corrected chi connectivity index (χ0v) is 21.7. The zero-order chi connectivity index (χ0) is 26.9. The van der Waals surface area contributed by atoms with E-state index in [4.69, 9.17) is 14.3 Å². The van der Waals surface area contributed by atoms with Gasteiger partial charge in [0.1, 0.15) is 18.0 Å². The molecule has 0 aliphatic rings. The van der Waals surface area contributed by atoms with Crippen LogP contribution in [0.5, 0.6) is 5.88 Å². The largest absolute Gasteiger partial charge is 0.481 e. The predicted octanol–water partition coefficient (Wildman–Crippen LogP) is 6.06. The number of rotatable bonds is 13. The Labute approximate surface area is 222 Å². The number of pyridine rings is 1. The lowest BCUT2D eigenvalue weighted by Crippen LogP contribution is -2.28. The highest BCUT2D eigenvalue weighted by Crippen LogP contribution is 2.30. The maximum Gasteiger partial charge on any atom is 0.305 e. The average Bonchev–Trinajstić information content (AvgIpc) is 3.34. The summed E-state index contributed by atoms with van der Waals surface area (Å²) in [5.41, 5.74) is 3.96. The first-order valence-electron chi connectivity index (χ1n) is 12.9. The zero-order valence-electron chi connectivity index (χ0n) is 21.7. The molecule has 0 saturated heterocycles. The van der Waals surface area contributed by atoms with Crippen molar-refractivity contribution in [1.82, 2.24) is 10.3 Å². The first kappa shape index (κ1) is 26.7. The second kappa shape index (κ2) is 12.8. The van der Waals surface area contributed by atoms with E-state index in [-0.39, 0.29) is 24.9 Å². The third kappa shape index (κ3) is 7.12. The smallest absolute Gasteiger partial charge is 0.305 e. The molecule has 4 rings (SSSR count). The van der Waals surface area contributed by atoms with Crippen LogP contribution in [-0.2, 0) is 4.79 Å². The summed E-state index contributed by atoms with van der Waals surface area (Å²) in [6.45, 7) is 4.63. The number of hydrogen-bond acceptors (Lipinski definition) is 6. The van der Waals surface area contributed by atoms with Gasteiger partial charge in [0.15, 0.2) is 0 Å². The quantitative estimate of drug-likeness (QED) is 0.198. The van der Waals surface area contributed by atoms with Crippen molar-refractivity contribution >= 4 is 28.5 Å². The number of ether oxygens (including phenoxy) is 1. The topological polar surface area (TPSA) is 114 Å². The summed E-state index contributed by atoms with van der Waals surface area (Å²) in [5.74, 6) is 0.0946. The molecule has 2 heterocycles. The van der Waals surface area contributed by atoms with Crippen molar-refractivity contribution in [2.24, 2.45) is 0 Å². The van der Waals surface area contributed by atoms with Gasteiger partial charge in [-0.25, -0.2) is 4.98 Å². The Hall–Kier alpha value is -4.33. The number of aromatic nitrogens is 1. The summed E-state index contributed by atoms with van der Waals surface area (Å²) in [6.07, 6.45) is 2.92. The molecule has 0 aliphatic heterocycles. The number of unbranched alkanes of at least 4 members (excludes halogenated alkanes) is 1. The molecule has 0 bridgehead atoms. The number of nitrogens with one attached hydrogen (secondary N) is 2. The van der Waals surface area contributed by atoms with E-state index in [1.807, 2.05) is 61.5 Å². The van der Waals surface area contributed by atoms with E-state index < -0.39 is 5.97 Å². The average molecular weight is 516 g/mol. The van der Waals surface area contributed by atoms with Gasteiger partial charge in [-0.15, -0.1) is 0 Å². The second-order valence-corrected chi connectivity index (χ2v) is 9.20. The highest BCUT2D eigenvalue weighted by molar-refractivity contribution is 5.94. The fourth-order valence-corrected chi connectivity index (χ4v) is 4.17. The van der Waals surface area contributed by atoms with Crippen LogP contribution in [0.25, 0.3) is 22.3 Å². The molecular formula is C30H33N3O5. The fraction of sp³-hybridized carbons (Fsp3) is 0.300. The highest BCUT2D eigenvalue weighted by atomic mass is 16.5. The molecule has 0 fully saturated rings. The number of carboxylic acids is 1. The Bertz CT molecular complexity index is 1350. The van der Waals surface area contributed by atoms with Gasteiger partial charge in [-0.3, -0.25) is 9.59 Å². The van der Waals surface area contributed by atoms with Gasteiger partial charge in [0.2, 0.25) is 5.88 Å². The van der Waals surface area contributed by atoms with Crippen LogP contribution in [0.4, 0.5) is 5.69 Å².